The summed E-state index contributed by atoms with van der Waals surface area (Å²) >= 11 is 12.0. The molecule has 2 aromatic heterocycles. The minimum atomic E-state index is 0.496. The first-order valence-corrected chi connectivity index (χ1v) is 8.18. The number of alkyl halides is 1. The van der Waals surface area contributed by atoms with Crippen molar-refractivity contribution in [3.63, 3.8) is 0 Å². The zero-order valence-corrected chi connectivity index (χ0v) is 13.2. The van der Waals surface area contributed by atoms with Crippen LogP contribution >= 0.6 is 23.2 Å². The van der Waals surface area contributed by atoms with Gasteiger partial charge in [0.25, 0.3) is 0 Å². The van der Waals surface area contributed by atoms with Gasteiger partial charge in [-0.15, -0.1) is 11.6 Å². The van der Waals surface area contributed by atoms with Gasteiger partial charge in [0.1, 0.15) is 11.3 Å². The smallest absolute Gasteiger partial charge is 0.160 e. The number of halogens is 2. The molecule has 2 aromatic rings. The van der Waals surface area contributed by atoms with E-state index in [1.807, 2.05) is 6.07 Å². The molecule has 0 amide bonds. The minimum Gasteiger partial charge on any atom is -0.310 e. The molecule has 2 heterocycles. The third kappa shape index (κ3) is 2.66. The van der Waals surface area contributed by atoms with Crippen LogP contribution in [0.4, 0.5) is 0 Å². The Morgan fingerprint density at radius 3 is 3.00 bits per heavy atom. The van der Waals surface area contributed by atoms with E-state index in [9.17, 15) is 0 Å². The van der Waals surface area contributed by atoms with Gasteiger partial charge in [-0.1, -0.05) is 31.4 Å². The van der Waals surface area contributed by atoms with E-state index >= 15 is 0 Å². The molecule has 2 atom stereocenters. The summed E-state index contributed by atoms with van der Waals surface area (Å²) in [7, 11) is 0. The Bertz CT molecular complexity index is 608. The Labute approximate surface area is 129 Å². The van der Waals surface area contributed by atoms with Crippen LogP contribution in [0.1, 0.15) is 44.5 Å². The van der Waals surface area contributed by atoms with Crippen molar-refractivity contribution >= 4 is 34.4 Å². The van der Waals surface area contributed by atoms with Gasteiger partial charge in [0.15, 0.2) is 5.65 Å². The average Bonchev–Trinajstić information content (AvgIpc) is 2.76. The van der Waals surface area contributed by atoms with Crippen LogP contribution in [0.15, 0.2) is 12.3 Å². The number of fused-ring (bicyclic) bond motifs is 1. The normalized spacial score (nSPS) is 23.4. The molecule has 5 heteroatoms. The molecular formula is C15H19Cl2N3. The summed E-state index contributed by atoms with van der Waals surface area (Å²) in [5.41, 5.74) is 1.84. The molecular weight excluding hydrogens is 293 g/mol. The highest BCUT2D eigenvalue weighted by molar-refractivity contribution is 6.31. The predicted octanol–water partition coefficient (Wildman–Crippen LogP) is 4.62. The molecule has 3 rings (SSSR count). The first-order chi connectivity index (χ1) is 9.69. The fourth-order valence-corrected chi connectivity index (χ4v) is 3.61. The third-order valence-electron chi connectivity index (χ3n) is 4.16. The monoisotopic (exact) mass is 311 g/mol. The number of imidazole rings is 1. The van der Waals surface area contributed by atoms with E-state index < -0.39 is 0 Å². The highest BCUT2D eigenvalue weighted by Gasteiger charge is 2.25. The lowest BCUT2D eigenvalue weighted by Gasteiger charge is -2.29. The van der Waals surface area contributed by atoms with Crippen LogP contribution in [0, 0.1) is 5.92 Å². The standard InChI is InChI=1S/C15H19Cl2N3/c1-10-3-2-4-12(7-10)20-14(5-6-16)19-13-8-11(17)9-18-15(13)20/h8-10,12H,2-7H2,1H3. The van der Waals surface area contributed by atoms with Gasteiger partial charge >= 0.3 is 0 Å². The van der Waals surface area contributed by atoms with Gasteiger partial charge in [-0.3, -0.25) is 0 Å². The molecule has 0 radical (unpaired) electrons. The topological polar surface area (TPSA) is 30.7 Å². The Morgan fingerprint density at radius 1 is 1.40 bits per heavy atom. The Balaban J connectivity index is 2.08. The molecule has 1 aliphatic carbocycles. The second kappa shape index (κ2) is 5.90. The number of aryl methyl sites for hydroxylation is 1. The fraction of sp³-hybridized carbons (Fsp3) is 0.600. The molecule has 0 bridgehead atoms. The van der Waals surface area contributed by atoms with E-state index in [1.165, 1.54) is 25.7 Å². The van der Waals surface area contributed by atoms with E-state index in [-0.39, 0.29) is 0 Å². The highest BCUT2D eigenvalue weighted by Crippen LogP contribution is 2.35. The molecule has 2 unspecified atom stereocenters. The van der Waals surface area contributed by atoms with Crippen LogP contribution in [0.5, 0.6) is 0 Å². The van der Waals surface area contributed by atoms with Gasteiger partial charge < -0.3 is 4.57 Å². The van der Waals surface area contributed by atoms with Crippen molar-refractivity contribution in [2.75, 3.05) is 5.88 Å². The van der Waals surface area contributed by atoms with Crippen molar-refractivity contribution in [1.29, 1.82) is 0 Å². The summed E-state index contributed by atoms with van der Waals surface area (Å²) < 4.78 is 2.31. The maximum Gasteiger partial charge on any atom is 0.160 e. The van der Waals surface area contributed by atoms with Gasteiger partial charge in [-0.25, -0.2) is 9.97 Å². The molecule has 0 spiro atoms. The molecule has 1 aliphatic rings. The molecule has 3 nitrogen and oxygen atoms in total. The number of nitrogens with zero attached hydrogens (tertiary/aromatic N) is 3. The zero-order valence-electron chi connectivity index (χ0n) is 11.6. The molecule has 0 aliphatic heterocycles. The van der Waals surface area contributed by atoms with Gasteiger partial charge in [0.05, 0.1) is 5.02 Å². The van der Waals surface area contributed by atoms with Crippen LogP contribution in [-0.2, 0) is 6.42 Å². The van der Waals surface area contributed by atoms with Crippen LogP contribution in [0.2, 0.25) is 5.02 Å². The minimum absolute atomic E-state index is 0.496. The van der Waals surface area contributed by atoms with Crippen molar-refractivity contribution in [3.05, 3.63) is 23.1 Å². The lowest BCUT2D eigenvalue weighted by Crippen LogP contribution is -2.20. The summed E-state index contributed by atoms with van der Waals surface area (Å²) in [6.45, 7) is 2.33. The Morgan fingerprint density at radius 2 is 2.25 bits per heavy atom. The van der Waals surface area contributed by atoms with E-state index in [4.69, 9.17) is 28.2 Å². The van der Waals surface area contributed by atoms with Crippen molar-refractivity contribution < 1.29 is 0 Å². The SMILES string of the molecule is CC1CCCC(n2c(CCCl)nc3cc(Cl)cnc32)C1. The number of aromatic nitrogens is 3. The highest BCUT2D eigenvalue weighted by atomic mass is 35.5. The molecule has 20 heavy (non-hydrogen) atoms. The number of pyridine rings is 1. The van der Waals surface area contributed by atoms with Crippen molar-refractivity contribution in [1.82, 2.24) is 14.5 Å². The first kappa shape index (κ1) is 14.2. The van der Waals surface area contributed by atoms with Gasteiger partial charge in [-0.05, 0) is 24.8 Å². The largest absolute Gasteiger partial charge is 0.310 e. The number of rotatable bonds is 3. The average molecular weight is 312 g/mol. The summed E-state index contributed by atoms with van der Waals surface area (Å²) in [4.78, 5) is 9.20. The number of hydrogen-bond donors (Lipinski definition) is 0. The summed E-state index contributed by atoms with van der Waals surface area (Å²) in [6.07, 6.45) is 7.49. The van der Waals surface area contributed by atoms with E-state index in [2.05, 4.69) is 16.5 Å². The molecule has 0 saturated heterocycles. The quantitative estimate of drug-likeness (QED) is 0.774. The second-order valence-electron chi connectivity index (χ2n) is 5.76. The van der Waals surface area contributed by atoms with Crippen molar-refractivity contribution in [2.24, 2.45) is 5.92 Å². The van der Waals surface area contributed by atoms with E-state index in [0.29, 0.717) is 16.9 Å². The molecule has 108 valence electrons. The van der Waals surface area contributed by atoms with Crippen LogP contribution in [0.25, 0.3) is 11.2 Å². The second-order valence-corrected chi connectivity index (χ2v) is 6.57. The zero-order chi connectivity index (χ0) is 14.1. The van der Waals surface area contributed by atoms with Crippen molar-refractivity contribution in [3.8, 4) is 0 Å². The molecule has 1 saturated carbocycles. The maximum atomic E-state index is 6.03. The van der Waals surface area contributed by atoms with Gasteiger partial charge in [0.2, 0.25) is 0 Å². The lowest BCUT2D eigenvalue weighted by atomic mass is 9.87. The fourth-order valence-electron chi connectivity index (χ4n) is 3.29. The van der Waals surface area contributed by atoms with Crippen LogP contribution in [-0.4, -0.2) is 20.4 Å². The van der Waals surface area contributed by atoms with Crippen LogP contribution < -0.4 is 0 Å². The maximum absolute atomic E-state index is 6.03. The summed E-state index contributed by atoms with van der Waals surface area (Å²) in [5, 5.41) is 0.636. The molecule has 0 aromatic carbocycles. The third-order valence-corrected chi connectivity index (χ3v) is 4.56. The van der Waals surface area contributed by atoms with Crippen molar-refractivity contribution in [2.45, 2.75) is 45.1 Å². The molecule has 0 N–H and O–H groups in total. The Hall–Kier alpha value is -0.800. The number of hydrogen-bond acceptors (Lipinski definition) is 2. The van der Waals surface area contributed by atoms with Crippen LogP contribution in [0.3, 0.4) is 0 Å². The van der Waals surface area contributed by atoms with E-state index in [0.717, 1.165) is 29.3 Å². The predicted molar refractivity (Wildman–Crippen MR) is 83.6 cm³/mol. The summed E-state index contributed by atoms with van der Waals surface area (Å²) in [6, 6.07) is 2.39. The molecule has 1 fully saturated rings. The van der Waals surface area contributed by atoms with E-state index in [1.54, 1.807) is 6.20 Å². The Kier molecular flexibility index (Phi) is 4.18. The first-order valence-electron chi connectivity index (χ1n) is 7.27. The lowest BCUT2D eigenvalue weighted by molar-refractivity contribution is 0.282. The van der Waals surface area contributed by atoms with Gasteiger partial charge in [0, 0.05) is 24.5 Å². The van der Waals surface area contributed by atoms with Gasteiger partial charge in [-0.2, -0.15) is 0 Å². The summed E-state index contributed by atoms with van der Waals surface area (Å²) in [5.74, 6) is 2.39.